The first kappa shape index (κ1) is 12.9. The van der Waals surface area contributed by atoms with Gasteiger partial charge in [-0.3, -0.25) is 4.79 Å². The van der Waals surface area contributed by atoms with Crippen LogP contribution in [0, 0.1) is 11.6 Å². The average molecular weight is 294 g/mol. The van der Waals surface area contributed by atoms with Crippen LogP contribution in [0.15, 0.2) is 18.2 Å². The summed E-state index contributed by atoms with van der Waals surface area (Å²) in [6.45, 7) is 0.176. The summed E-state index contributed by atoms with van der Waals surface area (Å²) >= 11 is 3.07. The van der Waals surface area contributed by atoms with Crippen LogP contribution in [0.5, 0.6) is 0 Å². The van der Waals surface area contributed by atoms with Crippen LogP contribution in [0.25, 0.3) is 0 Å². The Balaban J connectivity index is 2.57. The molecule has 0 aliphatic rings. The number of benzene rings is 1. The van der Waals surface area contributed by atoms with Crippen LogP contribution >= 0.6 is 15.9 Å². The first-order valence-electron chi connectivity index (χ1n) is 4.45. The van der Waals surface area contributed by atoms with E-state index >= 15 is 0 Å². The van der Waals surface area contributed by atoms with Gasteiger partial charge in [-0.2, -0.15) is 0 Å². The van der Waals surface area contributed by atoms with Crippen LogP contribution in [-0.4, -0.2) is 24.5 Å². The number of carbonyl (C=O) groups is 1. The second kappa shape index (κ2) is 5.79. The Morgan fingerprint density at radius 1 is 1.44 bits per heavy atom. The van der Waals surface area contributed by atoms with Crippen molar-refractivity contribution in [3.63, 3.8) is 0 Å². The summed E-state index contributed by atoms with van der Waals surface area (Å²) in [4.78, 5) is 10.4. The maximum atomic E-state index is 12.8. The lowest BCUT2D eigenvalue weighted by Crippen LogP contribution is -2.24. The van der Waals surface area contributed by atoms with E-state index < -0.39 is 22.4 Å². The fourth-order valence-electron chi connectivity index (χ4n) is 1.07. The van der Waals surface area contributed by atoms with Crippen LogP contribution in [0.3, 0.4) is 0 Å². The van der Waals surface area contributed by atoms with Gasteiger partial charge in [0.2, 0.25) is 0 Å². The molecule has 3 nitrogen and oxygen atoms in total. The molecule has 0 aliphatic heterocycles. The van der Waals surface area contributed by atoms with Crippen LogP contribution in [-0.2, 0) is 9.53 Å². The number of carbonyl (C=O) groups excluding carboxylic acids is 1. The minimum Gasteiger partial charge on any atom is -0.468 e. The highest BCUT2D eigenvalue weighted by Gasteiger charge is 2.14. The predicted molar refractivity (Wildman–Crippen MR) is 59.6 cm³/mol. The van der Waals surface area contributed by atoms with Gasteiger partial charge in [0.05, 0.1) is 7.11 Å². The van der Waals surface area contributed by atoms with Gasteiger partial charge in [-0.15, -0.1) is 0 Å². The van der Waals surface area contributed by atoms with Crippen molar-refractivity contribution in [1.82, 2.24) is 0 Å². The molecule has 0 aliphatic carbocycles. The molecule has 0 heterocycles. The minimum absolute atomic E-state index is 0.176. The summed E-state index contributed by atoms with van der Waals surface area (Å²) in [6.07, 6.45) is 0. The molecule has 0 fully saturated rings. The fourth-order valence-corrected chi connectivity index (χ4v) is 1.42. The van der Waals surface area contributed by atoms with E-state index in [0.29, 0.717) is 0 Å². The average Bonchev–Trinajstić information content (AvgIpc) is 2.23. The van der Waals surface area contributed by atoms with Crippen LogP contribution in [0.1, 0.15) is 0 Å². The van der Waals surface area contributed by atoms with Gasteiger partial charge in [-0.1, -0.05) is 15.9 Å². The molecule has 1 unspecified atom stereocenters. The molecule has 1 aromatic carbocycles. The number of alkyl halides is 1. The third-order valence-electron chi connectivity index (χ3n) is 1.80. The minimum atomic E-state index is -0.674. The van der Waals surface area contributed by atoms with Crippen molar-refractivity contribution in [3.05, 3.63) is 29.8 Å². The predicted octanol–water partition coefficient (Wildman–Crippen LogP) is 2.31. The highest BCUT2D eigenvalue weighted by Crippen LogP contribution is 2.13. The van der Waals surface area contributed by atoms with Crippen molar-refractivity contribution in [2.45, 2.75) is 4.83 Å². The number of halogens is 3. The van der Waals surface area contributed by atoms with Crippen molar-refractivity contribution >= 4 is 27.6 Å². The zero-order valence-electron chi connectivity index (χ0n) is 8.47. The van der Waals surface area contributed by atoms with E-state index in [1.807, 2.05) is 0 Å². The Morgan fingerprint density at radius 3 is 2.50 bits per heavy atom. The fraction of sp³-hybridized carbons (Fsp3) is 0.300. The quantitative estimate of drug-likeness (QED) is 0.684. The van der Waals surface area contributed by atoms with Gasteiger partial charge in [0.25, 0.3) is 0 Å². The first-order valence-corrected chi connectivity index (χ1v) is 5.36. The van der Waals surface area contributed by atoms with Gasteiger partial charge in [0, 0.05) is 18.3 Å². The molecule has 0 amide bonds. The van der Waals surface area contributed by atoms with Crippen LogP contribution in [0.2, 0.25) is 0 Å². The second-order valence-corrected chi connectivity index (χ2v) is 4.14. The van der Waals surface area contributed by atoms with Crippen molar-refractivity contribution in [2.75, 3.05) is 19.0 Å². The van der Waals surface area contributed by atoms with E-state index in [9.17, 15) is 13.6 Å². The number of methoxy groups -OCH3 is 1. The molecule has 1 rings (SSSR count). The molecule has 1 N–H and O–H groups in total. The van der Waals surface area contributed by atoms with Gasteiger partial charge in [-0.05, 0) is 12.1 Å². The Hall–Kier alpha value is -1.17. The van der Waals surface area contributed by atoms with Gasteiger partial charge in [0.15, 0.2) is 0 Å². The molecule has 0 saturated carbocycles. The largest absolute Gasteiger partial charge is 0.468 e. The maximum Gasteiger partial charge on any atom is 0.321 e. The molecular formula is C10H10BrF2NO2. The molecule has 0 saturated heterocycles. The molecule has 1 aromatic rings. The van der Waals surface area contributed by atoms with E-state index in [1.54, 1.807) is 0 Å². The summed E-state index contributed by atoms with van der Waals surface area (Å²) in [6, 6.07) is 3.05. The first-order chi connectivity index (χ1) is 7.52. The number of esters is 1. The molecule has 0 bridgehead atoms. The number of ether oxygens (including phenoxy) is 1. The smallest absolute Gasteiger partial charge is 0.321 e. The second-order valence-electron chi connectivity index (χ2n) is 3.03. The summed E-state index contributed by atoms with van der Waals surface area (Å²) in [5, 5.41) is 2.71. The Morgan fingerprint density at radius 2 is 2.00 bits per heavy atom. The van der Waals surface area contributed by atoms with Crippen molar-refractivity contribution in [2.24, 2.45) is 0 Å². The van der Waals surface area contributed by atoms with Crippen LogP contribution in [0.4, 0.5) is 14.5 Å². The highest BCUT2D eigenvalue weighted by molar-refractivity contribution is 9.10. The SMILES string of the molecule is COC(=O)C(Br)CNc1cc(F)cc(F)c1. The van der Waals surface area contributed by atoms with E-state index in [-0.39, 0.29) is 12.2 Å². The zero-order chi connectivity index (χ0) is 12.1. The van der Waals surface area contributed by atoms with Crippen molar-refractivity contribution < 1.29 is 18.3 Å². The van der Waals surface area contributed by atoms with E-state index in [4.69, 9.17) is 0 Å². The topological polar surface area (TPSA) is 38.3 Å². The van der Waals surface area contributed by atoms with Crippen molar-refractivity contribution in [1.29, 1.82) is 0 Å². The lowest BCUT2D eigenvalue weighted by Gasteiger charge is -2.10. The molecular weight excluding hydrogens is 284 g/mol. The number of hydrogen-bond donors (Lipinski definition) is 1. The Kier molecular flexibility index (Phi) is 4.67. The molecule has 0 aromatic heterocycles. The molecule has 16 heavy (non-hydrogen) atoms. The number of anilines is 1. The lowest BCUT2D eigenvalue weighted by molar-refractivity contribution is -0.139. The standard InChI is InChI=1S/C10H10BrF2NO2/c1-16-10(15)9(11)5-14-8-3-6(12)2-7(13)4-8/h2-4,9,14H,5H2,1H3. The normalized spacial score (nSPS) is 12.0. The molecule has 6 heteroatoms. The summed E-state index contributed by atoms with van der Waals surface area (Å²) < 4.78 is 30.1. The monoisotopic (exact) mass is 293 g/mol. The number of hydrogen-bond acceptors (Lipinski definition) is 3. The Bertz CT molecular complexity index is 367. The van der Waals surface area contributed by atoms with E-state index in [0.717, 1.165) is 18.2 Å². The van der Waals surface area contributed by atoms with E-state index in [2.05, 4.69) is 26.0 Å². The van der Waals surface area contributed by atoms with Crippen molar-refractivity contribution in [3.8, 4) is 0 Å². The molecule has 0 radical (unpaired) electrons. The van der Waals surface area contributed by atoms with Crippen LogP contribution < -0.4 is 5.32 Å². The maximum absolute atomic E-state index is 12.8. The Labute approximate surface area is 99.9 Å². The zero-order valence-corrected chi connectivity index (χ0v) is 10.1. The van der Waals surface area contributed by atoms with Gasteiger partial charge >= 0.3 is 5.97 Å². The van der Waals surface area contributed by atoms with E-state index in [1.165, 1.54) is 7.11 Å². The summed E-state index contributed by atoms with van der Waals surface area (Å²) in [5.41, 5.74) is 0.269. The highest BCUT2D eigenvalue weighted by atomic mass is 79.9. The third-order valence-corrected chi connectivity index (χ3v) is 2.50. The summed E-state index contributed by atoms with van der Waals surface area (Å²) in [5.74, 6) is -1.80. The lowest BCUT2D eigenvalue weighted by atomic mass is 10.3. The molecule has 88 valence electrons. The van der Waals surface area contributed by atoms with Gasteiger partial charge in [-0.25, -0.2) is 8.78 Å². The summed E-state index contributed by atoms with van der Waals surface area (Å²) in [7, 11) is 1.26. The number of rotatable bonds is 4. The third kappa shape index (κ3) is 3.77. The molecule has 0 spiro atoms. The van der Waals surface area contributed by atoms with Gasteiger partial charge < -0.3 is 10.1 Å². The number of nitrogens with one attached hydrogen (secondary N) is 1. The molecule has 1 atom stereocenters. The van der Waals surface area contributed by atoms with Gasteiger partial charge in [0.1, 0.15) is 16.5 Å².